The van der Waals surface area contributed by atoms with Gasteiger partial charge >= 0.3 is 0 Å². The lowest BCUT2D eigenvalue weighted by molar-refractivity contribution is 0.281. The predicted molar refractivity (Wildman–Crippen MR) is 117 cm³/mol. The molecular weight excluding hydrogens is 409 g/mol. The summed E-state index contributed by atoms with van der Waals surface area (Å²) in [4.78, 5) is 0. The van der Waals surface area contributed by atoms with Gasteiger partial charge in [-0.1, -0.05) is 53.5 Å². The zero-order valence-electron chi connectivity index (χ0n) is 16.4. The van der Waals surface area contributed by atoms with Crippen LogP contribution in [-0.2, 0) is 19.7 Å². The topological polar surface area (TPSA) is 39.7 Å². The first-order valence-corrected chi connectivity index (χ1v) is 9.93. The second kappa shape index (κ2) is 10.4. The molecule has 0 fully saturated rings. The average Bonchev–Trinajstić information content (AvgIpc) is 2.74. The molecular formula is C23H23Cl2NO3. The Hall–Kier alpha value is -2.40. The van der Waals surface area contributed by atoms with Crippen LogP contribution in [0.2, 0.25) is 10.0 Å². The van der Waals surface area contributed by atoms with Gasteiger partial charge in [0.15, 0.2) is 11.5 Å². The highest BCUT2D eigenvalue weighted by atomic mass is 35.5. The van der Waals surface area contributed by atoms with Crippen LogP contribution in [0.25, 0.3) is 0 Å². The van der Waals surface area contributed by atoms with Crippen molar-refractivity contribution in [1.29, 1.82) is 0 Å². The molecule has 0 radical (unpaired) electrons. The molecule has 3 rings (SSSR count). The van der Waals surface area contributed by atoms with Crippen LogP contribution in [0.1, 0.15) is 16.7 Å². The van der Waals surface area contributed by atoms with Crippen molar-refractivity contribution in [2.75, 3.05) is 14.2 Å². The van der Waals surface area contributed by atoms with Crippen molar-refractivity contribution >= 4 is 23.2 Å². The summed E-state index contributed by atoms with van der Waals surface area (Å²) in [6.45, 7) is 1.59. The number of hydrogen-bond acceptors (Lipinski definition) is 4. The molecule has 0 saturated carbocycles. The summed E-state index contributed by atoms with van der Waals surface area (Å²) in [5, 5.41) is 4.59. The van der Waals surface area contributed by atoms with Crippen LogP contribution < -0.4 is 19.5 Å². The maximum absolute atomic E-state index is 6.27. The molecule has 4 nitrogen and oxygen atoms in total. The van der Waals surface area contributed by atoms with Gasteiger partial charge in [-0.05, 0) is 35.9 Å². The Labute approximate surface area is 181 Å². The lowest BCUT2D eigenvalue weighted by Crippen LogP contribution is -2.14. The van der Waals surface area contributed by atoms with E-state index in [1.165, 1.54) is 5.56 Å². The minimum absolute atomic E-state index is 0.254. The molecule has 0 aliphatic carbocycles. The molecule has 0 amide bonds. The number of methoxy groups -OCH3 is 2. The van der Waals surface area contributed by atoms with Crippen LogP contribution >= 0.6 is 23.2 Å². The summed E-state index contributed by atoms with van der Waals surface area (Å²) in [7, 11) is 3.28. The maximum atomic E-state index is 6.27. The molecule has 0 aliphatic heterocycles. The van der Waals surface area contributed by atoms with Gasteiger partial charge in [0.25, 0.3) is 0 Å². The molecule has 0 saturated heterocycles. The highest BCUT2D eigenvalue weighted by Gasteiger charge is 2.13. The molecule has 0 spiro atoms. The van der Waals surface area contributed by atoms with Crippen molar-refractivity contribution in [1.82, 2.24) is 5.32 Å². The number of halogens is 2. The highest BCUT2D eigenvalue weighted by molar-refractivity contribution is 6.35. The second-order valence-electron chi connectivity index (χ2n) is 6.39. The van der Waals surface area contributed by atoms with Crippen molar-refractivity contribution < 1.29 is 14.2 Å². The minimum atomic E-state index is 0.254. The summed E-state index contributed by atoms with van der Waals surface area (Å²) in [5.41, 5.74) is 2.90. The molecule has 3 aromatic carbocycles. The summed E-state index contributed by atoms with van der Waals surface area (Å²) >= 11 is 12.5. The summed E-state index contributed by atoms with van der Waals surface area (Å²) in [5.74, 6) is 2.18. The van der Waals surface area contributed by atoms with E-state index < -0.39 is 0 Å². The van der Waals surface area contributed by atoms with Gasteiger partial charge in [-0.3, -0.25) is 0 Å². The Morgan fingerprint density at radius 2 is 1.48 bits per heavy atom. The normalized spacial score (nSPS) is 10.6. The fraction of sp³-hybridized carbons (Fsp3) is 0.217. The summed E-state index contributed by atoms with van der Waals surface area (Å²) in [6.07, 6.45) is 0. The lowest BCUT2D eigenvalue weighted by Gasteiger charge is -2.16. The van der Waals surface area contributed by atoms with Crippen molar-refractivity contribution in [3.8, 4) is 17.2 Å². The Morgan fingerprint density at radius 1 is 0.793 bits per heavy atom. The van der Waals surface area contributed by atoms with Crippen molar-refractivity contribution in [2.45, 2.75) is 19.7 Å². The number of nitrogens with one attached hydrogen (secondary N) is 1. The first-order valence-electron chi connectivity index (χ1n) is 9.17. The standard InChI is InChI=1S/C23H23Cl2NO3/c1-27-18-11-9-16(10-12-18)13-26-14-17-5-3-8-22(28-2)23(17)29-15-19-20(24)6-4-7-21(19)25/h3-12,26H,13-15H2,1-2H3. The largest absolute Gasteiger partial charge is 0.497 e. The Morgan fingerprint density at radius 3 is 2.14 bits per heavy atom. The zero-order valence-corrected chi connectivity index (χ0v) is 17.9. The van der Waals surface area contributed by atoms with Crippen LogP contribution in [0.3, 0.4) is 0 Å². The molecule has 152 valence electrons. The van der Waals surface area contributed by atoms with Crippen LogP contribution in [0.5, 0.6) is 17.2 Å². The molecule has 3 aromatic rings. The van der Waals surface area contributed by atoms with Gasteiger partial charge in [-0.15, -0.1) is 0 Å². The van der Waals surface area contributed by atoms with E-state index in [-0.39, 0.29) is 6.61 Å². The lowest BCUT2D eigenvalue weighted by atomic mass is 10.1. The number of para-hydroxylation sites is 1. The SMILES string of the molecule is COc1ccc(CNCc2cccc(OC)c2OCc2c(Cl)cccc2Cl)cc1. The molecule has 0 aromatic heterocycles. The van der Waals surface area contributed by atoms with Crippen molar-refractivity contribution in [2.24, 2.45) is 0 Å². The average molecular weight is 432 g/mol. The van der Waals surface area contributed by atoms with Gasteiger partial charge in [-0.2, -0.15) is 0 Å². The van der Waals surface area contributed by atoms with Gasteiger partial charge in [0.1, 0.15) is 12.4 Å². The van der Waals surface area contributed by atoms with E-state index in [9.17, 15) is 0 Å². The van der Waals surface area contributed by atoms with Gasteiger partial charge in [0.2, 0.25) is 0 Å². The van der Waals surface area contributed by atoms with Crippen LogP contribution in [-0.4, -0.2) is 14.2 Å². The molecule has 0 aliphatic rings. The number of benzene rings is 3. The van der Waals surface area contributed by atoms with Crippen molar-refractivity contribution in [3.05, 3.63) is 87.4 Å². The van der Waals surface area contributed by atoms with E-state index in [1.54, 1.807) is 26.4 Å². The second-order valence-corrected chi connectivity index (χ2v) is 7.20. The third-order valence-electron chi connectivity index (χ3n) is 4.51. The summed E-state index contributed by atoms with van der Waals surface area (Å²) in [6, 6.07) is 19.2. The van der Waals surface area contributed by atoms with E-state index in [0.29, 0.717) is 28.1 Å². The van der Waals surface area contributed by atoms with E-state index in [2.05, 4.69) is 5.32 Å². The Balaban J connectivity index is 1.70. The summed E-state index contributed by atoms with van der Waals surface area (Å²) < 4.78 is 16.8. The van der Waals surface area contributed by atoms with Gasteiger partial charge in [0.05, 0.1) is 14.2 Å². The number of hydrogen-bond donors (Lipinski definition) is 1. The van der Waals surface area contributed by atoms with Gasteiger partial charge < -0.3 is 19.5 Å². The van der Waals surface area contributed by atoms with Gasteiger partial charge in [-0.25, -0.2) is 0 Å². The van der Waals surface area contributed by atoms with Crippen molar-refractivity contribution in [3.63, 3.8) is 0 Å². The molecule has 6 heteroatoms. The third-order valence-corrected chi connectivity index (χ3v) is 5.21. The fourth-order valence-electron chi connectivity index (χ4n) is 2.92. The van der Waals surface area contributed by atoms with E-state index >= 15 is 0 Å². The zero-order chi connectivity index (χ0) is 20.6. The third kappa shape index (κ3) is 5.57. The molecule has 29 heavy (non-hydrogen) atoms. The number of rotatable bonds is 9. The molecule has 0 unspecified atom stereocenters. The van der Waals surface area contributed by atoms with Crippen LogP contribution in [0.15, 0.2) is 60.7 Å². The molecule has 1 N–H and O–H groups in total. The Kier molecular flexibility index (Phi) is 7.64. The monoisotopic (exact) mass is 431 g/mol. The first kappa shape index (κ1) is 21.3. The Bertz CT molecular complexity index is 925. The van der Waals surface area contributed by atoms with E-state index in [4.69, 9.17) is 37.4 Å². The van der Waals surface area contributed by atoms with Crippen LogP contribution in [0.4, 0.5) is 0 Å². The quantitative estimate of drug-likeness (QED) is 0.459. The highest BCUT2D eigenvalue weighted by Crippen LogP contribution is 2.33. The smallest absolute Gasteiger partial charge is 0.166 e. The fourth-order valence-corrected chi connectivity index (χ4v) is 3.43. The maximum Gasteiger partial charge on any atom is 0.166 e. The molecule has 0 heterocycles. The first-order chi connectivity index (χ1) is 14.1. The van der Waals surface area contributed by atoms with E-state index in [1.807, 2.05) is 48.5 Å². The number of ether oxygens (including phenoxy) is 3. The minimum Gasteiger partial charge on any atom is -0.497 e. The van der Waals surface area contributed by atoms with Gasteiger partial charge in [0, 0.05) is 34.3 Å². The van der Waals surface area contributed by atoms with Crippen LogP contribution in [0, 0.1) is 0 Å². The molecule has 0 bridgehead atoms. The van der Waals surface area contributed by atoms with E-state index in [0.717, 1.165) is 23.4 Å². The predicted octanol–water partition coefficient (Wildman–Crippen LogP) is 5.88. The molecule has 0 atom stereocenters.